The lowest BCUT2D eigenvalue weighted by Crippen LogP contribution is -2.60. The Kier molecular flexibility index (Phi) is 11.8. The molecule has 0 aliphatic heterocycles. The number of hydrogen-bond acceptors (Lipinski definition) is 8. The molecule has 0 heterocycles. The minimum Gasteiger partial charge on any atom is -0.565 e. The third-order valence-corrected chi connectivity index (χ3v) is 14.5. The highest BCUT2D eigenvalue weighted by molar-refractivity contribution is 6.01. The van der Waals surface area contributed by atoms with Crippen molar-refractivity contribution in [3.63, 3.8) is 0 Å². The zero-order valence-corrected chi connectivity index (χ0v) is 33.7. The lowest BCUT2D eigenvalue weighted by molar-refractivity contribution is -0.150. The van der Waals surface area contributed by atoms with E-state index in [0.717, 1.165) is 62.5 Å². The molecule has 6 rings (SSSR count). The molecule has 10 N–H and O–H groups in total. The SMILES string of the molecule is C[C@]1(C(=O)NC(=O)[C@@]2(C)CCC[C@]3(C)c4cc(NC(=O)[C@@H](N)CCC(=O)[OH2+])ccc4CC[C@@H]23)CCC[C@]2(C)c3cc(NC(=O)[C@@H](N)CCC(=O)O)ccc3CC[C@@H]12. The number of nitrogens with two attached hydrogens (primary N) is 2. The first-order valence-electron chi connectivity index (χ1n) is 20.5. The zero-order valence-electron chi connectivity index (χ0n) is 33.7. The summed E-state index contributed by atoms with van der Waals surface area (Å²) in [6, 6.07) is 9.85. The van der Waals surface area contributed by atoms with Crippen molar-refractivity contribution in [1.29, 1.82) is 0 Å². The second-order valence-corrected chi connectivity index (χ2v) is 18.2. The number of hydrogen-bond donors (Lipinski definition) is 6. The van der Waals surface area contributed by atoms with Crippen molar-refractivity contribution < 1.29 is 39.0 Å². The summed E-state index contributed by atoms with van der Waals surface area (Å²) in [5, 5.41) is 24.9. The largest absolute Gasteiger partial charge is 0.565 e. The molecule has 308 valence electrons. The molecule has 0 aromatic heterocycles. The summed E-state index contributed by atoms with van der Waals surface area (Å²) in [4.78, 5) is 77.1. The van der Waals surface area contributed by atoms with Gasteiger partial charge in [-0.15, -0.1) is 0 Å². The Labute approximate surface area is 334 Å². The van der Waals surface area contributed by atoms with Gasteiger partial charge in [0.1, 0.15) is 6.42 Å². The van der Waals surface area contributed by atoms with Gasteiger partial charge < -0.3 is 32.3 Å². The van der Waals surface area contributed by atoms with Crippen LogP contribution < -0.4 is 27.4 Å². The molecule has 2 fully saturated rings. The summed E-state index contributed by atoms with van der Waals surface area (Å²) in [5.74, 6) is -3.22. The number of amides is 4. The fourth-order valence-electron chi connectivity index (χ4n) is 11.3. The predicted octanol–water partition coefficient (Wildman–Crippen LogP) is 4.48. The molecule has 4 aliphatic rings. The first kappa shape index (κ1) is 42.0. The third kappa shape index (κ3) is 7.97. The van der Waals surface area contributed by atoms with Gasteiger partial charge in [0.05, 0.1) is 22.9 Å². The van der Waals surface area contributed by atoms with E-state index < -0.39 is 46.7 Å². The van der Waals surface area contributed by atoms with Gasteiger partial charge in [0.2, 0.25) is 23.6 Å². The Bertz CT molecular complexity index is 1830. The topological polar surface area (TPSA) is 234 Å². The Morgan fingerprint density at radius 1 is 0.702 bits per heavy atom. The quantitative estimate of drug-likeness (QED) is 0.131. The van der Waals surface area contributed by atoms with Crippen molar-refractivity contribution in [3.8, 4) is 0 Å². The van der Waals surface area contributed by atoms with Crippen LogP contribution >= 0.6 is 0 Å². The number of rotatable bonds is 12. The van der Waals surface area contributed by atoms with Crippen molar-refractivity contribution in [2.45, 2.75) is 141 Å². The minimum absolute atomic E-state index is 0.0286. The van der Waals surface area contributed by atoms with Gasteiger partial charge in [-0.25, -0.2) is 0 Å². The van der Waals surface area contributed by atoms with E-state index in [1.165, 1.54) is 11.1 Å². The lowest BCUT2D eigenvalue weighted by Gasteiger charge is -2.56. The first-order valence-corrected chi connectivity index (χ1v) is 20.5. The number of imide groups is 1. The van der Waals surface area contributed by atoms with E-state index in [1.807, 2.05) is 50.2 Å². The molecule has 2 saturated carbocycles. The highest BCUT2D eigenvalue weighted by atomic mass is 16.4. The van der Waals surface area contributed by atoms with E-state index in [-0.39, 0.29) is 60.2 Å². The monoisotopic (exact) mass is 786 g/mol. The molecule has 0 spiro atoms. The van der Waals surface area contributed by atoms with Gasteiger partial charge in [-0.3, -0.25) is 29.3 Å². The number of carbonyl (C=O) groups excluding carboxylic acids is 5. The molecule has 0 unspecified atom stereocenters. The van der Waals surface area contributed by atoms with Crippen LogP contribution in [0.2, 0.25) is 0 Å². The van der Waals surface area contributed by atoms with Crippen LogP contribution in [0.3, 0.4) is 0 Å². The summed E-state index contributed by atoms with van der Waals surface area (Å²) < 4.78 is 0. The minimum atomic E-state index is -1.01. The maximum absolute atomic E-state index is 14.6. The number of aliphatic carboxylic acids is 1. The summed E-state index contributed by atoms with van der Waals surface area (Å²) in [7, 11) is 0. The van der Waals surface area contributed by atoms with Crippen LogP contribution in [-0.4, -0.2) is 57.9 Å². The normalized spacial score (nSPS) is 29.9. The fraction of sp³-hybridized carbons (Fsp3) is 0.591. The zero-order chi connectivity index (χ0) is 41.5. The van der Waals surface area contributed by atoms with Crippen LogP contribution in [0, 0.1) is 22.7 Å². The maximum Gasteiger partial charge on any atom is 0.516 e. The van der Waals surface area contributed by atoms with Gasteiger partial charge in [0.25, 0.3) is 0 Å². The molecule has 13 nitrogen and oxygen atoms in total. The predicted molar refractivity (Wildman–Crippen MR) is 216 cm³/mol. The van der Waals surface area contributed by atoms with Crippen molar-refractivity contribution in [2.75, 3.05) is 10.6 Å². The second kappa shape index (κ2) is 16.0. The van der Waals surface area contributed by atoms with Crippen molar-refractivity contribution >= 4 is 46.9 Å². The fourth-order valence-corrected chi connectivity index (χ4v) is 11.3. The smallest absolute Gasteiger partial charge is 0.516 e. The van der Waals surface area contributed by atoms with Crippen LogP contribution in [0.15, 0.2) is 36.4 Å². The number of aryl methyl sites for hydroxylation is 2. The molecular weight excluding hydrogens is 727 g/mol. The number of benzene rings is 2. The maximum atomic E-state index is 14.6. The highest BCUT2D eigenvalue weighted by Gasteiger charge is 2.58. The number of carboxylic acid groups (broad SMARTS) is 1. The van der Waals surface area contributed by atoms with Gasteiger partial charge in [0.15, 0.2) is 0 Å². The van der Waals surface area contributed by atoms with Gasteiger partial charge in [-0.1, -0.05) is 52.7 Å². The summed E-state index contributed by atoms with van der Waals surface area (Å²) in [5.41, 5.74) is 15.3. The van der Waals surface area contributed by atoms with Crippen LogP contribution in [0.4, 0.5) is 11.4 Å². The number of carboxylic acids is 1. The van der Waals surface area contributed by atoms with Crippen molar-refractivity contribution in [3.05, 3.63) is 58.7 Å². The number of anilines is 2. The molecule has 4 aliphatic carbocycles. The molecule has 2 aromatic carbocycles. The average molecular weight is 787 g/mol. The molecule has 0 bridgehead atoms. The summed E-state index contributed by atoms with van der Waals surface area (Å²) in [6.45, 7) is 8.41. The summed E-state index contributed by atoms with van der Waals surface area (Å²) >= 11 is 0. The molecule has 2 aromatic rings. The second-order valence-electron chi connectivity index (χ2n) is 18.2. The van der Waals surface area contributed by atoms with Gasteiger partial charge >= 0.3 is 11.9 Å². The Morgan fingerprint density at radius 2 is 1.12 bits per heavy atom. The van der Waals surface area contributed by atoms with E-state index >= 15 is 0 Å². The third-order valence-electron chi connectivity index (χ3n) is 14.5. The van der Waals surface area contributed by atoms with Gasteiger partial charge in [0, 0.05) is 22.6 Å². The Balaban J connectivity index is 1.19. The Hall–Kier alpha value is -4.62. The van der Waals surface area contributed by atoms with Crippen LogP contribution in [0.1, 0.15) is 127 Å². The number of fused-ring (bicyclic) bond motifs is 6. The van der Waals surface area contributed by atoms with Crippen molar-refractivity contribution in [2.24, 2.45) is 34.1 Å². The molecule has 0 saturated heterocycles. The summed E-state index contributed by atoms with van der Waals surface area (Å²) in [6.07, 6.45) is 7.54. The van der Waals surface area contributed by atoms with E-state index in [2.05, 4.69) is 29.8 Å². The van der Waals surface area contributed by atoms with Gasteiger partial charge in [-0.2, -0.15) is 0 Å². The molecule has 4 amide bonds. The van der Waals surface area contributed by atoms with E-state index in [4.69, 9.17) is 21.7 Å². The highest BCUT2D eigenvalue weighted by Crippen LogP contribution is 2.59. The first-order chi connectivity index (χ1) is 26.8. The van der Waals surface area contributed by atoms with Gasteiger partial charge in [-0.05, 0) is 133 Å². The number of nitrogens with one attached hydrogen (secondary N) is 3. The molecular formula is C44H60N5O8+. The van der Waals surface area contributed by atoms with Crippen LogP contribution in [0.5, 0.6) is 0 Å². The molecule has 13 heteroatoms. The van der Waals surface area contributed by atoms with Crippen LogP contribution in [0.25, 0.3) is 0 Å². The van der Waals surface area contributed by atoms with Crippen LogP contribution in [-0.2, 0) is 52.4 Å². The standard InChI is InChI=1S/C44H59N5O8/c1-41-19-5-21-43(3,33(41)15-9-25-7-11-27(23-29(25)41)47-37(54)31(45)13-17-35(50)51)39(56)49-40(57)44(4)22-6-20-42(2)30-24-28(12-8-26(30)10-16-34(42)44)48-38(55)32(46)14-18-36(52)53/h7-8,11-12,23-24,31-34H,5-6,9-10,13-22,45-46H2,1-4H3,(H,47,54)(H,48,55)(H,50,51)(H,52,53)(H,49,56,57)/p+1/t31-,32-,33+,34+,41+,42+,43-,44-/m0/s1. The van der Waals surface area contributed by atoms with E-state index in [9.17, 15) is 28.8 Å². The van der Waals surface area contributed by atoms with E-state index in [0.29, 0.717) is 24.2 Å². The molecule has 57 heavy (non-hydrogen) atoms. The molecule has 8 atom stereocenters. The van der Waals surface area contributed by atoms with Crippen molar-refractivity contribution in [1.82, 2.24) is 5.32 Å². The Morgan fingerprint density at radius 3 is 1.53 bits per heavy atom. The average Bonchev–Trinajstić information content (AvgIpc) is 3.16. The lowest BCUT2D eigenvalue weighted by atomic mass is 9.49. The molecule has 0 radical (unpaired) electrons. The number of carbonyl (C=O) groups is 6. The van der Waals surface area contributed by atoms with E-state index in [1.54, 1.807) is 0 Å².